The molecule has 0 spiro atoms. The second-order valence-corrected chi connectivity index (χ2v) is 6.21. The molecular weight excluding hydrogens is 294 g/mol. The van der Waals surface area contributed by atoms with Gasteiger partial charge >= 0.3 is 0 Å². The van der Waals surface area contributed by atoms with Gasteiger partial charge in [-0.05, 0) is 31.5 Å². The number of hydrogen-bond donors (Lipinski definition) is 2. The predicted octanol–water partition coefficient (Wildman–Crippen LogP) is 1.42. The Bertz CT molecular complexity index is 473. The molecule has 0 heterocycles. The minimum absolute atomic E-state index is 0.224. The highest BCUT2D eigenvalue weighted by Crippen LogP contribution is 2.20. The van der Waals surface area contributed by atoms with Crippen LogP contribution in [0.15, 0.2) is 27.6 Å². The molecular formula is C10H14BrNO3S. The van der Waals surface area contributed by atoms with Gasteiger partial charge in [-0.1, -0.05) is 22.0 Å². The largest absolute Gasteiger partial charge is 0.395 e. The van der Waals surface area contributed by atoms with E-state index in [0.717, 1.165) is 0 Å². The maximum atomic E-state index is 11.9. The van der Waals surface area contributed by atoms with Gasteiger partial charge in [0.1, 0.15) is 0 Å². The van der Waals surface area contributed by atoms with Crippen LogP contribution in [0.1, 0.15) is 12.5 Å². The summed E-state index contributed by atoms with van der Waals surface area (Å²) in [5.74, 6) is 0. The van der Waals surface area contributed by atoms with Crippen LogP contribution >= 0.6 is 15.9 Å². The summed E-state index contributed by atoms with van der Waals surface area (Å²) in [5.41, 5.74) is 0.667. The lowest BCUT2D eigenvalue weighted by Gasteiger charge is -2.13. The molecule has 0 saturated heterocycles. The topological polar surface area (TPSA) is 66.4 Å². The van der Waals surface area contributed by atoms with Gasteiger partial charge in [-0.2, -0.15) is 0 Å². The quantitative estimate of drug-likeness (QED) is 0.884. The van der Waals surface area contributed by atoms with Crippen LogP contribution in [0.3, 0.4) is 0 Å². The minimum Gasteiger partial charge on any atom is -0.395 e. The Morgan fingerprint density at radius 3 is 2.69 bits per heavy atom. The van der Waals surface area contributed by atoms with Gasteiger partial charge in [-0.3, -0.25) is 0 Å². The summed E-state index contributed by atoms with van der Waals surface area (Å²) < 4.78 is 27.0. The average Bonchev–Trinajstić information content (AvgIpc) is 2.20. The molecule has 1 rings (SSSR count). The summed E-state index contributed by atoms with van der Waals surface area (Å²) >= 11 is 3.23. The van der Waals surface area contributed by atoms with E-state index in [2.05, 4.69) is 20.7 Å². The first-order chi connectivity index (χ1) is 7.36. The molecule has 0 bridgehead atoms. The summed E-state index contributed by atoms with van der Waals surface area (Å²) in [6.07, 6.45) is 0. The van der Waals surface area contributed by atoms with Crippen LogP contribution in [0, 0.1) is 6.92 Å². The molecule has 0 aliphatic carbocycles. The van der Waals surface area contributed by atoms with Crippen molar-refractivity contribution < 1.29 is 13.5 Å². The van der Waals surface area contributed by atoms with Crippen molar-refractivity contribution in [2.75, 3.05) is 6.61 Å². The van der Waals surface area contributed by atoms with Gasteiger partial charge in [-0.25, -0.2) is 13.1 Å². The summed E-state index contributed by atoms with van der Waals surface area (Å²) in [4.78, 5) is 0.224. The number of hydrogen-bond acceptors (Lipinski definition) is 3. The molecule has 0 aliphatic heterocycles. The molecule has 0 aliphatic rings. The van der Waals surface area contributed by atoms with E-state index in [1.54, 1.807) is 32.0 Å². The Hall–Kier alpha value is -0.430. The Balaban J connectivity index is 3.12. The Morgan fingerprint density at radius 2 is 2.12 bits per heavy atom. The van der Waals surface area contributed by atoms with Gasteiger partial charge in [0.15, 0.2) is 0 Å². The van der Waals surface area contributed by atoms with Crippen molar-refractivity contribution in [1.29, 1.82) is 0 Å². The molecule has 0 unspecified atom stereocenters. The SMILES string of the molecule is Cc1ccc(Br)cc1S(=O)(=O)N[C@H](C)CO. The molecule has 0 radical (unpaired) electrons. The maximum Gasteiger partial charge on any atom is 0.241 e. The fourth-order valence-corrected chi connectivity index (χ4v) is 3.25. The van der Waals surface area contributed by atoms with Crippen molar-refractivity contribution in [1.82, 2.24) is 4.72 Å². The lowest BCUT2D eigenvalue weighted by molar-refractivity contribution is 0.265. The van der Waals surface area contributed by atoms with Gasteiger partial charge in [-0.15, -0.1) is 0 Å². The molecule has 0 fully saturated rings. The van der Waals surface area contributed by atoms with Crippen LogP contribution in [0.25, 0.3) is 0 Å². The number of aryl methyl sites for hydroxylation is 1. The smallest absolute Gasteiger partial charge is 0.241 e. The normalized spacial score (nSPS) is 13.8. The van der Waals surface area contributed by atoms with Crippen molar-refractivity contribution in [2.24, 2.45) is 0 Å². The molecule has 1 atom stereocenters. The number of sulfonamides is 1. The van der Waals surface area contributed by atoms with Crippen LogP contribution in [0.4, 0.5) is 0 Å². The van der Waals surface area contributed by atoms with Gasteiger partial charge < -0.3 is 5.11 Å². The monoisotopic (exact) mass is 307 g/mol. The molecule has 0 amide bonds. The first-order valence-electron chi connectivity index (χ1n) is 4.76. The molecule has 2 N–H and O–H groups in total. The third kappa shape index (κ3) is 3.28. The van der Waals surface area contributed by atoms with Gasteiger partial charge in [0.25, 0.3) is 0 Å². The zero-order valence-electron chi connectivity index (χ0n) is 9.07. The van der Waals surface area contributed by atoms with Gasteiger partial charge in [0, 0.05) is 10.5 Å². The van der Waals surface area contributed by atoms with E-state index < -0.39 is 16.1 Å². The van der Waals surface area contributed by atoms with Gasteiger partial charge in [0.05, 0.1) is 11.5 Å². The van der Waals surface area contributed by atoms with Crippen LogP contribution in [0.2, 0.25) is 0 Å². The third-order valence-corrected chi connectivity index (χ3v) is 4.29. The molecule has 0 aromatic heterocycles. The summed E-state index contributed by atoms with van der Waals surface area (Å²) in [6, 6.07) is 4.55. The maximum absolute atomic E-state index is 11.9. The number of aliphatic hydroxyl groups is 1. The lowest BCUT2D eigenvalue weighted by Crippen LogP contribution is -2.35. The van der Waals surface area contributed by atoms with Crippen LogP contribution in [-0.4, -0.2) is 26.2 Å². The molecule has 0 saturated carbocycles. The second-order valence-electron chi connectivity index (χ2n) is 3.61. The summed E-state index contributed by atoms with van der Waals surface area (Å²) in [6.45, 7) is 3.10. The van der Waals surface area contributed by atoms with Crippen molar-refractivity contribution >= 4 is 26.0 Å². The van der Waals surface area contributed by atoms with Gasteiger partial charge in [0.2, 0.25) is 10.0 Å². The number of rotatable bonds is 4. The number of halogens is 1. The zero-order chi connectivity index (χ0) is 12.3. The molecule has 1 aromatic carbocycles. The van der Waals surface area contributed by atoms with E-state index in [0.29, 0.717) is 10.0 Å². The summed E-state index contributed by atoms with van der Waals surface area (Å²) in [5, 5.41) is 8.83. The van der Waals surface area contributed by atoms with Crippen LogP contribution < -0.4 is 4.72 Å². The average molecular weight is 308 g/mol. The number of nitrogens with one attached hydrogen (secondary N) is 1. The highest BCUT2D eigenvalue weighted by molar-refractivity contribution is 9.10. The van der Waals surface area contributed by atoms with Crippen molar-refractivity contribution in [3.05, 3.63) is 28.2 Å². The van der Waals surface area contributed by atoms with E-state index in [4.69, 9.17) is 5.11 Å². The molecule has 4 nitrogen and oxygen atoms in total. The zero-order valence-corrected chi connectivity index (χ0v) is 11.5. The van der Waals surface area contributed by atoms with E-state index in [-0.39, 0.29) is 11.5 Å². The lowest BCUT2D eigenvalue weighted by atomic mass is 10.2. The molecule has 6 heteroatoms. The van der Waals surface area contributed by atoms with Crippen molar-refractivity contribution in [2.45, 2.75) is 24.8 Å². The Morgan fingerprint density at radius 1 is 1.50 bits per heavy atom. The second kappa shape index (κ2) is 5.27. The van der Waals surface area contributed by atoms with E-state index >= 15 is 0 Å². The predicted molar refractivity (Wildman–Crippen MR) is 65.7 cm³/mol. The molecule has 90 valence electrons. The molecule has 1 aromatic rings. The van der Waals surface area contributed by atoms with E-state index in [9.17, 15) is 8.42 Å². The summed E-state index contributed by atoms with van der Waals surface area (Å²) in [7, 11) is -3.56. The highest BCUT2D eigenvalue weighted by atomic mass is 79.9. The fraction of sp³-hybridized carbons (Fsp3) is 0.400. The first-order valence-corrected chi connectivity index (χ1v) is 7.04. The van der Waals surface area contributed by atoms with Crippen LogP contribution in [0.5, 0.6) is 0 Å². The Kier molecular flexibility index (Phi) is 4.49. The third-order valence-electron chi connectivity index (χ3n) is 2.07. The van der Waals surface area contributed by atoms with Crippen LogP contribution in [-0.2, 0) is 10.0 Å². The standard InChI is InChI=1S/C10H14BrNO3S/c1-7-3-4-9(11)5-10(7)16(14,15)12-8(2)6-13/h3-5,8,12-13H,6H2,1-2H3/t8-/m1/s1. The van der Waals surface area contributed by atoms with E-state index in [1.807, 2.05) is 0 Å². The fourth-order valence-electron chi connectivity index (χ4n) is 1.23. The Labute approximate surface area is 104 Å². The molecule has 16 heavy (non-hydrogen) atoms. The first kappa shape index (κ1) is 13.6. The highest BCUT2D eigenvalue weighted by Gasteiger charge is 2.19. The number of aliphatic hydroxyl groups excluding tert-OH is 1. The van der Waals surface area contributed by atoms with Crippen molar-refractivity contribution in [3.8, 4) is 0 Å². The van der Waals surface area contributed by atoms with Crippen molar-refractivity contribution in [3.63, 3.8) is 0 Å². The number of benzene rings is 1. The van der Waals surface area contributed by atoms with E-state index in [1.165, 1.54) is 0 Å². The minimum atomic E-state index is -3.56.